The number of fused-ring (bicyclic) bond motifs is 2. The van der Waals surface area contributed by atoms with Crippen molar-refractivity contribution in [2.75, 3.05) is 13.2 Å². The van der Waals surface area contributed by atoms with Crippen molar-refractivity contribution in [1.82, 2.24) is 4.90 Å². The van der Waals surface area contributed by atoms with E-state index >= 15 is 0 Å². The number of hydrogen-bond acceptors (Lipinski definition) is 3. The second-order valence-corrected chi connectivity index (χ2v) is 8.59. The average molecular weight is 341 g/mol. The number of esters is 1. The molecule has 0 radical (unpaired) electrons. The average Bonchev–Trinajstić information content (AvgIpc) is 2.80. The van der Waals surface area contributed by atoms with Gasteiger partial charge in [-0.3, -0.25) is 4.79 Å². The molecule has 4 heteroatoms. The summed E-state index contributed by atoms with van der Waals surface area (Å²) in [5.41, 5.74) is 1.38. The SMILES string of the molecule is CC1(C)C[C@@H]2C[C@](C)(CN2C(=O)COC(=O)/C=C/c2ccccc2)C1. The lowest BCUT2D eigenvalue weighted by molar-refractivity contribution is -0.148. The first-order chi connectivity index (χ1) is 11.8. The van der Waals surface area contributed by atoms with Crippen LogP contribution in [0.4, 0.5) is 0 Å². The lowest BCUT2D eigenvalue weighted by atomic mass is 9.65. The summed E-state index contributed by atoms with van der Waals surface area (Å²) < 4.78 is 5.15. The molecular weight excluding hydrogens is 314 g/mol. The van der Waals surface area contributed by atoms with Crippen LogP contribution in [0.3, 0.4) is 0 Å². The van der Waals surface area contributed by atoms with Crippen molar-refractivity contribution >= 4 is 18.0 Å². The number of carbonyl (C=O) groups excluding carboxylic acids is 2. The third-order valence-electron chi connectivity index (χ3n) is 5.28. The Kier molecular flexibility index (Phi) is 4.72. The van der Waals surface area contributed by atoms with Crippen LogP contribution in [-0.4, -0.2) is 36.0 Å². The van der Waals surface area contributed by atoms with Gasteiger partial charge in [0.15, 0.2) is 6.61 Å². The molecule has 2 aliphatic rings. The van der Waals surface area contributed by atoms with Gasteiger partial charge >= 0.3 is 5.97 Å². The molecule has 25 heavy (non-hydrogen) atoms. The molecule has 0 spiro atoms. The van der Waals surface area contributed by atoms with E-state index in [0.29, 0.717) is 0 Å². The topological polar surface area (TPSA) is 46.6 Å². The molecule has 1 saturated carbocycles. The largest absolute Gasteiger partial charge is 0.452 e. The standard InChI is InChI=1S/C21H27NO3/c1-20(2)11-17-12-21(3,14-20)15-22(17)18(23)13-25-19(24)10-9-16-7-5-4-6-8-16/h4-10,17H,11-15H2,1-3H3/b10-9+/t17-,21+/m1/s1. The molecule has 1 amide bonds. The van der Waals surface area contributed by atoms with Gasteiger partial charge < -0.3 is 9.64 Å². The van der Waals surface area contributed by atoms with Gasteiger partial charge in [-0.05, 0) is 41.7 Å². The maximum absolute atomic E-state index is 12.5. The lowest BCUT2D eigenvalue weighted by Gasteiger charge is -2.39. The van der Waals surface area contributed by atoms with E-state index in [1.807, 2.05) is 35.2 Å². The van der Waals surface area contributed by atoms with Gasteiger partial charge in [-0.15, -0.1) is 0 Å². The van der Waals surface area contributed by atoms with Crippen LogP contribution in [-0.2, 0) is 14.3 Å². The minimum absolute atomic E-state index is 0.0760. The Morgan fingerprint density at radius 1 is 1.20 bits per heavy atom. The fourth-order valence-corrected chi connectivity index (χ4v) is 4.74. The summed E-state index contributed by atoms with van der Waals surface area (Å²) in [5, 5.41) is 0. The van der Waals surface area contributed by atoms with E-state index in [4.69, 9.17) is 4.74 Å². The van der Waals surface area contributed by atoms with Crippen LogP contribution < -0.4 is 0 Å². The van der Waals surface area contributed by atoms with E-state index in [9.17, 15) is 9.59 Å². The highest BCUT2D eigenvalue weighted by Crippen LogP contribution is 2.52. The number of nitrogens with zero attached hydrogens (tertiary/aromatic N) is 1. The van der Waals surface area contributed by atoms with Gasteiger partial charge in [-0.2, -0.15) is 0 Å². The molecule has 1 saturated heterocycles. The number of likely N-dealkylation sites (tertiary alicyclic amines) is 1. The Labute approximate surface area is 149 Å². The van der Waals surface area contributed by atoms with Gasteiger partial charge in [0, 0.05) is 18.7 Å². The molecule has 1 aromatic rings. The van der Waals surface area contributed by atoms with Crippen LogP contribution in [0.2, 0.25) is 0 Å². The van der Waals surface area contributed by atoms with Crippen LogP contribution in [0.5, 0.6) is 0 Å². The lowest BCUT2D eigenvalue weighted by Crippen LogP contribution is -2.39. The maximum atomic E-state index is 12.5. The summed E-state index contributed by atoms with van der Waals surface area (Å²) >= 11 is 0. The van der Waals surface area contributed by atoms with Crippen molar-refractivity contribution in [2.45, 2.75) is 46.1 Å². The van der Waals surface area contributed by atoms with Gasteiger partial charge in [-0.1, -0.05) is 51.1 Å². The van der Waals surface area contributed by atoms with E-state index < -0.39 is 5.97 Å². The minimum Gasteiger partial charge on any atom is -0.452 e. The zero-order valence-electron chi connectivity index (χ0n) is 15.3. The Balaban J connectivity index is 1.53. The number of rotatable bonds is 4. The molecule has 0 aromatic heterocycles. The van der Waals surface area contributed by atoms with Gasteiger partial charge in [0.2, 0.25) is 0 Å². The highest BCUT2D eigenvalue weighted by Gasteiger charge is 2.50. The first-order valence-corrected chi connectivity index (χ1v) is 8.96. The molecular formula is C21H27NO3. The van der Waals surface area contributed by atoms with E-state index in [0.717, 1.165) is 31.4 Å². The monoisotopic (exact) mass is 341 g/mol. The van der Waals surface area contributed by atoms with Gasteiger partial charge in [0.1, 0.15) is 0 Å². The molecule has 1 aliphatic carbocycles. The van der Waals surface area contributed by atoms with Crippen molar-refractivity contribution in [2.24, 2.45) is 10.8 Å². The van der Waals surface area contributed by atoms with Crippen LogP contribution in [0.15, 0.2) is 36.4 Å². The van der Waals surface area contributed by atoms with Crippen molar-refractivity contribution < 1.29 is 14.3 Å². The number of benzene rings is 1. The summed E-state index contributed by atoms with van der Waals surface area (Å²) in [4.78, 5) is 26.3. The van der Waals surface area contributed by atoms with Crippen molar-refractivity contribution in [3.63, 3.8) is 0 Å². The van der Waals surface area contributed by atoms with Crippen LogP contribution in [0.25, 0.3) is 6.08 Å². The third kappa shape index (κ3) is 4.30. The molecule has 0 unspecified atom stereocenters. The number of hydrogen-bond donors (Lipinski definition) is 0. The highest BCUT2D eigenvalue weighted by molar-refractivity contribution is 5.89. The van der Waals surface area contributed by atoms with Crippen molar-refractivity contribution in [3.05, 3.63) is 42.0 Å². The summed E-state index contributed by atoms with van der Waals surface area (Å²) in [6.07, 6.45) is 6.29. The zero-order chi connectivity index (χ0) is 18.1. The number of carbonyl (C=O) groups is 2. The molecule has 2 bridgehead atoms. The van der Waals surface area contributed by atoms with E-state index in [1.165, 1.54) is 6.08 Å². The third-order valence-corrected chi connectivity index (χ3v) is 5.28. The first-order valence-electron chi connectivity index (χ1n) is 8.96. The fourth-order valence-electron chi connectivity index (χ4n) is 4.74. The maximum Gasteiger partial charge on any atom is 0.331 e. The van der Waals surface area contributed by atoms with Crippen molar-refractivity contribution in [3.8, 4) is 0 Å². The van der Waals surface area contributed by atoms with E-state index in [2.05, 4.69) is 20.8 Å². The quantitative estimate of drug-likeness (QED) is 0.620. The van der Waals surface area contributed by atoms with Gasteiger partial charge in [0.25, 0.3) is 5.91 Å². The summed E-state index contributed by atoms with van der Waals surface area (Å²) in [6.45, 7) is 7.42. The Morgan fingerprint density at radius 2 is 1.92 bits per heavy atom. The molecule has 2 atom stereocenters. The first kappa shape index (κ1) is 17.7. The van der Waals surface area contributed by atoms with Crippen LogP contribution >= 0.6 is 0 Å². The second kappa shape index (κ2) is 6.66. The summed E-state index contributed by atoms with van der Waals surface area (Å²) in [5.74, 6) is -0.557. The molecule has 134 valence electrons. The number of amides is 1. The number of ether oxygens (including phenoxy) is 1. The van der Waals surface area contributed by atoms with E-state index in [1.54, 1.807) is 6.08 Å². The molecule has 2 fully saturated rings. The van der Waals surface area contributed by atoms with Crippen LogP contribution in [0.1, 0.15) is 45.6 Å². The minimum atomic E-state index is -0.481. The van der Waals surface area contributed by atoms with E-state index in [-0.39, 0.29) is 29.4 Å². The van der Waals surface area contributed by atoms with Gasteiger partial charge in [0.05, 0.1) is 0 Å². The molecule has 0 N–H and O–H groups in total. The Hall–Kier alpha value is -2.10. The van der Waals surface area contributed by atoms with Crippen LogP contribution in [0, 0.1) is 10.8 Å². The normalized spacial score (nSPS) is 27.5. The fraction of sp³-hybridized carbons (Fsp3) is 0.524. The molecule has 1 aliphatic heterocycles. The Bertz CT molecular complexity index is 680. The Morgan fingerprint density at radius 3 is 2.64 bits per heavy atom. The molecule has 3 rings (SSSR count). The summed E-state index contributed by atoms with van der Waals surface area (Å²) in [7, 11) is 0. The van der Waals surface area contributed by atoms with Crippen molar-refractivity contribution in [1.29, 1.82) is 0 Å². The predicted molar refractivity (Wildman–Crippen MR) is 97.7 cm³/mol. The van der Waals surface area contributed by atoms with Gasteiger partial charge in [-0.25, -0.2) is 4.79 Å². The molecule has 4 nitrogen and oxygen atoms in total. The highest BCUT2D eigenvalue weighted by atomic mass is 16.5. The smallest absolute Gasteiger partial charge is 0.331 e. The summed E-state index contributed by atoms with van der Waals surface area (Å²) in [6, 6.07) is 9.82. The second-order valence-electron chi connectivity index (χ2n) is 8.59. The molecule has 1 heterocycles. The zero-order valence-corrected chi connectivity index (χ0v) is 15.3. The predicted octanol–water partition coefficient (Wildman–Crippen LogP) is 3.67. The molecule has 1 aromatic carbocycles.